The molecule has 0 bridgehead atoms. The van der Waals surface area contributed by atoms with Crippen LogP contribution in [0, 0.1) is 6.92 Å². The van der Waals surface area contributed by atoms with E-state index in [2.05, 4.69) is 5.32 Å². The lowest BCUT2D eigenvalue weighted by molar-refractivity contribution is -0.126. The van der Waals surface area contributed by atoms with Crippen molar-refractivity contribution in [3.05, 3.63) is 70.8 Å². The summed E-state index contributed by atoms with van der Waals surface area (Å²) >= 11 is 0. The molecule has 0 aliphatic carbocycles. The molecule has 0 spiro atoms. The van der Waals surface area contributed by atoms with E-state index in [0.717, 1.165) is 22.6 Å². The van der Waals surface area contributed by atoms with Crippen LogP contribution < -0.4 is 5.32 Å². The fourth-order valence-electron chi connectivity index (χ4n) is 3.35. The van der Waals surface area contributed by atoms with Crippen LogP contribution in [-0.4, -0.2) is 35.3 Å². The predicted molar refractivity (Wildman–Crippen MR) is 91.4 cm³/mol. The van der Waals surface area contributed by atoms with Crippen molar-refractivity contribution in [3.8, 4) is 0 Å². The molecule has 0 fully saturated rings. The lowest BCUT2D eigenvalue weighted by Crippen LogP contribution is -2.45. The highest BCUT2D eigenvalue weighted by Gasteiger charge is 2.42. The molecule has 1 N–H and O–H groups in total. The second-order valence-corrected chi connectivity index (χ2v) is 6.45. The van der Waals surface area contributed by atoms with E-state index in [0.29, 0.717) is 18.7 Å². The van der Waals surface area contributed by atoms with Gasteiger partial charge in [0.25, 0.3) is 5.91 Å². The molecule has 6 heteroatoms. The van der Waals surface area contributed by atoms with Crippen molar-refractivity contribution in [2.75, 3.05) is 13.6 Å². The molecular weight excluding hydrogens is 318 g/mol. The van der Waals surface area contributed by atoms with Gasteiger partial charge in [-0.25, -0.2) is 4.79 Å². The number of hydrogen-bond donors (Lipinski definition) is 1. The summed E-state index contributed by atoms with van der Waals surface area (Å²) in [7, 11) is 1.69. The van der Waals surface area contributed by atoms with Crippen molar-refractivity contribution >= 4 is 11.9 Å². The van der Waals surface area contributed by atoms with Crippen molar-refractivity contribution < 1.29 is 14.0 Å². The van der Waals surface area contributed by atoms with Crippen LogP contribution >= 0.6 is 0 Å². The Morgan fingerprint density at radius 3 is 2.64 bits per heavy atom. The number of urea groups is 1. The largest absolute Gasteiger partial charge is 0.467 e. The van der Waals surface area contributed by atoms with Gasteiger partial charge in [-0.3, -0.25) is 9.69 Å². The Hall–Kier alpha value is -3.02. The Labute approximate surface area is 145 Å². The number of nitrogens with one attached hydrogen (secondary N) is 1. The smallest absolute Gasteiger partial charge is 0.322 e. The van der Waals surface area contributed by atoms with E-state index in [1.807, 2.05) is 37.3 Å². The van der Waals surface area contributed by atoms with Crippen molar-refractivity contribution in [3.63, 3.8) is 0 Å². The summed E-state index contributed by atoms with van der Waals surface area (Å²) in [5, 5.41) is 2.94. The van der Waals surface area contributed by atoms with E-state index in [9.17, 15) is 9.59 Å². The van der Waals surface area contributed by atoms with Gasteiger partial charge < -0.3 is 14.6 Å². The summed E-state index contributed by atoms with van der Waals surface area (Å²) in [6.45, 7) is 2.80. The first kappa shape index (κ1) is 15.5. The van der Waals surface area contributed by atoms with Gasteiger partial charge in [-0.05, 0) is 24.6 Å². The zero-order valence-electron chi connectivity index (χ0n) is 14.2. The first-order chi connectivity index (χ1) is 12.0. The first-order valence-corrected chi connectivity index (χ1v) is 8.20. The van der Waals surface area contributed by atoms with Gasteiger partial charge in [-0.2, -0.15) is 0 Å². The van der Waals surface area contributed by atoms with E-state index in [1.54, 1.807) is 24.3 Å². The summed E-state index contributed by atoms with van der Waals surface area (Å²) in [6, 6.07) is 10.9. The SMILES string of the molecule is Cc1ccc([C@H]2NC(=O)N(C)C3=C2C(=O)N(Cc2ccco2)C3)cc1. The van der Waals surface area contributed by atoms with Crippen LogP contribution in [0.4, 0.5) is 4.79 Å². The van der Waals surface area contributed by atoms with E-state index in [4.69, 9.17) is 4.42 Å². The molecule has 2 aliphatic rings. The molecule has 0 saturated carbocycles. The molecular formula is C19H19N3O3. The van der Waals surface area contributed by atoms with Gasteiger partial charge in [0.2, 0.25) is 0 Å². The van der Waals surface area contributed by atoms with Gasteiger partial charge in [0, 0.05) is 7.05 Å². The molecule has 2 aromatic rings. The Bertz CT molecular complexity index is 853. The highest BCUT2D eigenvalue weighted by atomic mass is 16.3. The standard InChI is InChI=1S/C19H19N3O3/c1-12-5-7-13(8-6-12)17-16-15(21(2)19(24)20-17)11-22(18(16)23)10-14-4-3-9-25-14/h3-9,17H,10-11H2,1-2H3,(H,20,24)/t17-/m1/s1. The Balaban J connectivity index is 1.69. The average Bonchev–Trinajstić information content (AvgIpc) is 3.22. The van der Waals surface area contributed by atoms with Crippen LogP contribution in [0.5, 0.6) is 0 Å². The Morgan fingerprint density at radius 1 is 1.20 bits per heavy atom. The summed E-state index contributed by atoms with van der Waals surface area (Å²) < 4.78 is 5.36. The number of furan rings is 1. The van der Waals surface area contributed by atoms with Crippen molar-refractivity contribution in [2.24, 2.45) is 0 Å². The van der Waals surface area contributed by atoms with Crippen molar-refractivity contribution in [2.45, 2.75) is 19.5 Å². The fourth-order valence-corrected chi connectivity index (χ4v) is 3.35. The monoisotopic (exact) mass is 337 g/mol. The zero-order chi connectivity index (χ0) is 17.6. The highest BCUT2D eigenvalue weighted by Crippen LogP contribution is 2.36. The predicted octanol–water partition coefficient (Wildman–Crippen LogP) is 2.58. The lowest BCUT2D eigenvalue weighted by atomic mass is 9.95. The number of carbonyl (C=O) groups is 2. The Morgan fingerprint density at radius 2 is 1.96 bits per heavy atom. The summed E-state index contributed by atoms with van der Waals surface area (Å²) in [5.41, 5.74) is 3.44. The van der Waals surface area contributed by atoms with E-state index in [1.165, 1.54) is 4.90 Å². The molecule has 128 valence electrons. The van der Waals surface area contributed by atoms with Crippen LogP contribution in [0.3, 0.4) is 0 Å². The second-order valence-electron chi connectivity index (χ2n) is 6.45. The minimum absolute atomic E-state index is 0.0659. The van der Waals surface area contributed by atoms with E-state index in [-0.39, 0.29) is 11.9 Å². The number of rotatable bonds is 3. The van der Waals surface area contributed by atoms with Crippen LogP contribution in [0.25, 0.3) is 0 Å². The third-order valence-electron chi connectivity index (χ3n) is 4.77. The normalized spacial score (nSPS) is 20.2. The maximum atomic E-state index is 13.0. The van der Waals surface area contributed by atoms with Crippen LogP contribution in [0.15, 0.2) is 58.3 Å². The topological polar surface area (TPSA) is 65.8 Å². The summed E-state index contributed by atoms with van der Waals surface area (Å²) in [6.07, 6.45) is 1.59. The quantitative estimate of drug-likeness (QED) is 0.936. The second kappa shape index (κ2) is 5.81. The molecule has 4 rings (SSSR count). The van der Waals surface area contributed by atoms with Gasteiger partial charge in [0.15, 0.2) is 0 Å². The van der Waals surface area contributed by atoms with E-state index >= 15 is 0 Å². The third-order valence-corrected chi connectivity index (χ3v) is 4.77. The molecule has 6 nitrogen and oxygen atoms in total. The maximum Gasteiger partial charge on any atom is 0.322 e. The van der Waals surface area contributed by atoms with Crippen LogP contribution in [0.2, 0.25) is 0 Å². The summed E-state index contributed by atoms with van der Waals surface area (Å²) in [4.78, 5) is 28.6. The van der Waals surface area contributed by atoms with E-state index < -0.39 is 6.04 Å². The van der Waals surface area contributed by atoms with Crippen LogP contribution in [-0.2, 0) is 11.3 Å². The number of hydrogen-bond acceptors (Lipinski definition) is 3. The van der Waals surface area contributed by atoms with Crippen molar-refractivity contribution in [1.29, 1.82) is 0 Å². The molecule has 3 amide bonds. The fraction of sp³-hybridized carbons (Fsp3) is 0.263. The van der Waals surface area contributed by atoms with Crippen molar-refractivity contribution in [1.82, 2.24) is 15.1 Å². The molecule has 25 heavy (non-hydrogen) atoms. The zero-order valence-corrected chi connectivity index (χ0v) is 14.2. The molecule has 3 heterocycles. The molecule has 1 aromatic carbocycles. The number of carbonyl (C=O) groups excluding carboxylic acids is 2. The van der Waals surface area contributed by atoms with Gasteiger partial charge in [0.1, 0.15) is 5.76 Å². The molecule has 1 atom stereocenters. The number of likely N-dealkylation sites (N-methyl/N-ethyl adjacent to an activating group) is 1. The lowest BCUT2D eigenvalue weighted by Gasteiger charge is -2.31. The molecule has 0 radical (unpaired) electrons. The molecule has 2 aliphatic heterocycles. The number of nitrogens with zero attached hydrogens (tertiary/aromatic N) is 2. The molecule has 0 unspecified atom stereocenters. The van der Waals surface area contributed by atoms with Gasteiger partial charge in [-0.15, -0.1) is 0 Å². The molecule has 0 saturated heterocycles. The van der Waals surface area contributed by atoms with Gasteiger partial charge in [-0.1, -0.05) is 29.8 Å². The van der Waals surface area contributed by atoms with Crippen LogP contribution in [0.1, 0.15) is 22.9 Å². The summed E-state index contributed by atoms with van der Waals surface area (Å²) in [5.74, 6) is 0.658. The maximum absolute atomic E-state index is 13.0. The van der Waals surface area contributed by atoms with Gasteiger partial charge >= 0.3 is 6.03 Å². The number of benzene rings is 1. The third kappa shape index (κ3) is 2.59. The average molecular weight is 337 g/mol. The van der Waals surface area contributed by atoms with Gasteiger partial charge in [0.05, 0.1) is 36.7 Å². The Kier molecular flexibility index (Phi) is 3.60. The minimum atomic E-state index is -0.423. The number of amides is 3. The number of aryl methyl sites for hydroxylation is 1. The highest BCUT2D eigenvalue weighted by molar-refractivity contribution is 6.01. The first-order valence-electron chi connectivity index (χ1n) is 8.20. The minimum Gasteiger partial charge on any atom is -0.467 e. The molecule has 1 aromatic heterocycles.